The number of hydrogen-bond donors (Lipinski definition) is 2. The second-order valence-corrected chi connectivity index (χ2v) is 3.88. The topological polar surface area (TPSA) is 54.0 Å². The number of pyridine rings is 1. The van der Waals surface area contributed by atoms with Crippen molar-refractivity contribution in [2.24, 2.45) is 0 Å². The van der Waals surface area contributed by atoms with Gasteiger partial charge in [0.15, 0.2) is 0 Å². The van der Waals surface area contributed by atoms with E-state index in [1.165, 1.54) is 0 Å². The molecule has 1 saturated carbocycles. The van der Waals surface area contributed by atoms with Crippen LogP contribution in [0.1, 0.15) is 23.2 Å². The summed E-state index contributed by atoms with van der Waals surface area (Å²) in [5.74, 6) is -0.0442. The lowest BCUT2D eigenvalue weighted by molar-refractivity contribution is 0.0951. The monoisotopic (exact) mass is 217 g/mol. The first-order chi connectivity index (χ1) is 7.79. The van der Waals surface area contributed by atoms with Crippen LogP contribution in [0.4, 0.5) is 5.69 Å². The molecule has 0 spiro atoms. The maximum atomic E-state index is 11.7. The Hall–Kier alpha value is -1.84. The van der Waals surface area contributed by atoms with Gasteiger partial charge in [-0.3, -0.25) is 9.78 Å². The van der Waals surface area contributed by atoms with E-state index in [2.05, 4.69) is 22.2 Å². The summed E-state index contributed by atoms with van der Waals surface area (Å²) in [6.07, 6.45) is 7.21. The molecule has 0 radical (unpaired) electrons. The molecule has 1 heterocycles. The van der Waals surface area contributed by atoms with Crippen LogP contribution in [0.15, 0.2) is 31.1 Å². The van der Waals surface area contributed by atoms with E-state index in [-0.39, 0.29) is 5.91 Å². The van der Waals surface area contributed by atoms with Gasteiger partial charge in [0.25, 0.3) is 5.91 Å². The molecule has 4 nitrogen and oxygen atoms in total. The minimum absolute atomic E-state index is 0.0442. The third kappa shape index (κ3) is 2.82. The van der Waals surface area contributed by atoms with E-state index in [4.69, 9.17) is 0 Å². The van der Waals surface area contributed by atoms with Gasteiger partial charge in [0, 0.05) is 25.0 Å². The van der Waals surface area contributed by atoms with Crippen LogP contribution in [0.25, 0.3) is 0 Å². The van der Waals surface area contributed by atoms with Crippen molar-refractivity contribution in [1.29, 1.82) is 0 Å². The van der Waals surface area contributed by atoms with Crippen molar-refractivity contribution in [1.82, 2.24) is 10.3 Å². The molecular weight excluding hydrogens is 202 g/mol. The first-order valence-corrected chi connectivity index (χ1v) is 5.40. The van der Waals surface area contributed by atoms with Gasteiger partial charge in [0.2, 0.25) is 0 Å². The van der Waals surface area contributed by atoms with Gasteiger partial charge in [0.05, 0.1) is 11.3 Å². The Balaban J connectivity index is 2.01. The summed E-state index contributed by atoms with van der Waals surface area (Å²) in [5.41, 5.74) is 1.43. The molecule has 0 saturated heterocycles. The summed E-state index contributed by atoms with van der Waals surface area (Å²) < 4.78 is 0. The predicted molar refractivity (Wildman–Crippen MR) is 63.4 cm³/mol. The van der Waals surface area contributed by atoms with Gasteiger partial charge in [-0.25, -0.2) is 0 Å². The highest BCUT2D eigenvalue weighted by Crippen LogP contribution is 2.19. The summed E-state index contributed by atoms with van der Waals surface area (Å²) in [7, 11) is 0. The highest BCUT2D eigenvalue weighted by Gasteiger charge is 2.23. The maximum Gasteiger partial charge on any atom is 0.253 e. The zero-order valence-electron chi connectivity index (χ0n) is 9.07. The number of carbonyl (C=O) groups is 1. The minimum Gasteiger partial charge on any atom is -0.380 e. The summed E-state index contributed by atoms with van der Waals surface area (Å²) in [4.78, 5) is 15.8. The van der Waals surface area contributed by atoms with Crippen LogP contribution < -0.4 is 10.6 Å². The van der Waals surface area contributed by atoms with Gasteiger partial charge in [-0.15, -0.1) is 6.58 Å². The zero-order valence-corrected chi connectivity index (χ0v) is 9.07. The molecule has 4 heteroatoms. The van der Waals surface area contributed by atoms with E-state index in [1.54, 1.807) is 24.5 Å². The van der Waals surface area contributed by atoms with Crippen LogP contribution >= 0.6 is 0 Å². The third-order valence-electron chi connectivity index (χ3n) is 2.36. The number of hydrogen-bond acceptors (Lipinski definition) is 3. The number of anilines is 1. The van der Waals surface area contributed by atoms with Crippen molar-refractivity contribution < 1.29 is 4.79 Å². The normalized spacial score (nSPS) is 14.2. The lowest BCUT2D eigenvalue weighted by Gasteiger charge is -2.06. The molecule has 2 rings (SSSR count). The molecule has 0 bridgehead atoms. The minimum atomic E-state index is -0.0442. The second kappa shape index (κ2) is 4.79. The highest BCUT2D eigenvalue weighted by molar-refractivity contribution is 5.95. The molecule has 84 valence electrons. The van der Waals surface area contributed by atoms with Crippen LogP contribution in [0.3, 0.4) is 0 Å². The van der Waals surface area contributed by atoms with E-state index < -0.39 is 0 Å². The molecule has 0 aromatic carbocycles. The number of nitrogens with one attached hydrogen (secondary N) is 2. The van der Waals surface area contributed by atoms with Crippen molar-refractivity contribution in [3.63, 3.8) is 0 Å². The van der Waals surface area contributed by atoms with Crippen molar-refractivity contribution in [2.45, 2.75) is 18.9 Å². The van der Waals surface area contributed by atoms with Crippen LogP contribution in [-0.2, 0) is 0 Å². The smallest absolute Gasteiger partial charge is 0.253 e. The molecule has 2 N–H and O–H groups in total. The van der Waals surface area contributed by atoms with Gasteiger partial charge in [-0.2, -0.15) is 0 Å². The van der Waals surface area contributed by atoms with E-state index in [9.17, 15) is 4.79 Å². The van der Waals surface area contributed by atoms with Crippen molar-refractivity contribution in [3.8, 4) is 0 Å². The number of nitrogens with zero attached hydrogens (tertiary/aromatic N) is 1. The van der Waals surface area contributed by atoms with E-state index in [0.717, 1.165) is 18.5 Å². The fraction of sp³-hybridized carbons (Fsp3) is 0.333. The largest absolute Gasteiger partial charge is 0.380 e. The fourth-order valence-corrected chi connectivity index (χ4v) is 1.35. The average molecular weight is 217 g/mol. The molecule has 1 amide bonds. The van der Waals surface area contributed by atoms with Crippen LogP contribution in [0.5, 0.6) is 0 Å². The second-order valence-electron chi connectivity index (χ2n) is 3.88. The molecule has 1 fully saturated rings. The molecular formula is C12H15N3O. The fourth-order valence-electron chi connectivity index (χ4n) is 1.35. The van der Waals surface area contributed by atoms with Crippen LogP contribution in [0, 0.1) is 0 Å². The van der Waals surface area contributed by atoms with E-state index in [0.29, 0.717) is 18.2 Å². The SMILES string of the molecule is C=CCNc1cncc(C(=O)NC2CC2)c1. The predicted octanol–water partition coefficient (Wildman–Crippen LogP) is 1.57. The summed E-state index contributed by atoms with van der Waals surface area (Å²) in [6, 6.07) is 2.17. The molecule has 1 aromatic rings. The summed E-state index contributed by atoms with van der Waals surface area (Å²) >= 11 is 0. The first-order valence-electron chi connectivity index (χ1n) is 5.40. The molecule has 1 aliphatic carbocycles. The maximum absolute atomic E-state index is 11.7. The molecule has 16 heavy (non-hydrogen) atoms. The number of rotatable bonds is 5. The van der Waals surface area contributed by atoms with Gasteiger partial charge < -0.3 is 10.6 Å². The van der Waals surface area contributed by atoms with Crippen LogP contribution in [-0.4, -0.2) is 23.5 Å². The molecule has 0 atom stereocenters. The molecule has 1 aromatic heterocycles. The Morgan fingerprint density at radius 1 is 1.56 bits per heavy atom. The number of carbonyl (C=O) groups excluding carboxylic acids is 1. The number of amides is 1. The van der Waals surface area contributed by atoms with Gasteiger partial charge >= 0.3 is 0 Å². The zero-order chi connectivity index (χ0) is 11.4. The Morgan fingerprint density at radius 2 is 2.38 bits per heavy atom. The lowest BCUT2D eigenvalue weighted by Crippen LogP contribution is -2.25. The van der Waals surface area contributed by atoms with Crippen LogP contribution in [0.2, 0.25) is 0 Å². The lowest BCUT2D eigenvalue weighted by atomic mass is 10.2. The van der Waals surface area contributed by atoms with Crippen molar-refractivity contribution in [2.75, 3.05) is 11.9 Å². The number of aromatic nitrogens is 1. The summed E-state index contributed by atoms with van der Waals surface area (Å²) in [5, 5.41) is 6.02. The quantitative estimate of drug-likeness (QED) is 0.736. The average Bonchev–Trinajstić information content (AvgIpc) is 3.10. The molecule has 1 aliphatic rings. The Bertz CT molecular complexity index is 399. The van der Waals surface area contributed by atoms with E-state index in [1.807, 2.05) is 0 Å². The Labute approximate surface area is 94.8 Å². The Morgan fingerprint density at radius 3 is 3.06 bits per heavy atom. The Kier molecular flexibility index (Phi) is 3.19. The van der Waals surface area contributed by atoms with Gasteiger partial charge in [-0.05, 0) is 18.9 Å². The first kappa shape index (κ1) is 10.7. The van der Waals surface area contributed by atoms with Crippen molar-refractivity contribution >= 4 is 11.6 Å². The summed E-state index contributed by atoms with van der Waals surface area (Å²) in [6.45, 7) is 4.28. The van der Waals surface area contributed by atoms with Gasteiger partial charge in [0.1, 0.15) is 0 Å². The van der Waals surface area contributed by atoms with Gasteiger partial charge in [-0.1, -0.05) is 6.08 Å². The molecule has 0 aliphatic heterocycles. The molecule has 0 unspecified atom stereocenters. The standard InChI is InChI=1S/C12H15N3O/c1-2-5-14-11-6-9(7-13-8-11)12(16)15-10-3-4-10/h2,6-8,10,14H,1,3-5H2,(H,15,16). The van der Waals surface area contributed by atoms with E-state index >= 15 is 0 Å². The highest BCUT2D eigenvalue weighted by atomic mass is 16.1. The third-order valence-corrected chi connectivity index (χ3v) is 2.36. The van der Waals surface area contributed by atoms with Crippen molar-refractivity contribution in [3.05, 3.63) is 36.7 Å².